The van der Waals surface area contributed by atoms with Crippen LogP contribution in [0.1, 0.15) is 36.9 Å². The van der Waals surface area contributed by atoms with Crippen LogP contribution in [0.5, 0.6) is 0 Å². The molecule has 3 heterocycles. The second-order valence-corrected chi connectivity index (χ2v) is 6.72. The van der Waals surface area contributed by atoms with Crippen LogP contribution in [0.4, 0.5) is 0 Å². The van der Waals surface area contributed by atoms with Gasteiger partial charge in [-0.2, -0.15) is 11.8 Å². The van der Waals surface area contributed by atoms with E-state index in [1.165, 1.54) is 18.4 Å². The number of aryl methyl sites for hydroxylation is 1. The molecule has 2 bridgehead atoms. The molecule has 2 fully saturated rings. The van der Waals surface area contributed by atoms with Gasteiger partial charge >= 0.3 is 0 Å². The molecule has 0 saturated carbocycles. The Kier molecular flexibility index (Phi) is 2.48. The third-order valence-electron chi connectivity index (χ3n) is 3.72. The second-order valence-electron chi connectivity index (χ2n) is 5.12. The highest BCUT2D eigenvalue weighted by atomic mass is 32.2. The van der Waals surface area contributed by atoms with Gasteiger partial charge in [0, 0.05) is 16.7 Å². The van der Waals surface area contributed by atoms with E-state index in [1.807, 2.05) is 18.3 Å². The Morgan fingerprint density at radius 2 is 2.06 bits per heavy atom. The van der Waals surface area contributed by atoms with Gasteiger partial charge in [-0.1, -0.05) is 0 Å². The molecule has 2 aliphatic rings. The molecular formula is C13H17NOS. The molecule has 3 heteroatoms. The quantitative estimate of drug-likeness (QED) is 0.812. The van der Waals surface area contributed by atoms with Crippen LogP contribution in [0.15, 0.2) is 18.3 Å². The largest absolute Gasteiger partial charge is 0.383 e. The molecule has 2 atom stereocenters. The van der Waals surface area contributed by atoms with Gasteiger partial charge in [0.15, 0.2) is 0 Å². The number of hydrogen-bond donors (Lipinski definition) is 1. The van der Waals surface area contributed by atoms with Crippen molar-refractivity contribution in [3.63, 3.8) is 0 Å². The van der Waals surface area contributed by atoms with E-state index in [9.17, 15) is 5.11 Å². The Hall–Kier alpha value is -0.540. The van der Waals surface area contributed by atoms with Crippen molar-refractivity contribution in [3.8, 4) is 0 Å². The molecule has 2 saturated heterocycles. The molecule has 1 aromatic heterocycles. The van der Waals surface area contributed by atoms with Crippen LogP contribution < -0.4 is 0 Å². The average Bonchev–Trinajstić information content (AvgIpc) is 2.59. The molecule has 2 nitrogen and oxygen atoms in total. The van der Waals surface area contributed by atoms with E-state index in [0.29, 0.717) is 10.5 Å². The van der Waals surface area contributed by atoms with E-state index >= 15 is 0 Å². The number of aliphatic hydroxyl groups is 1. The fourth-order valence-electron chi connectivity index (χ4n) is 2.92. The standard InChI is InChI=1S/C13H17NOS/c1-9-4-5-14-12(6-9)13(15)7-10-2-3-11(8-13)16-10/h4-6,10-11,15H,2-3,7-8H2,1H3. The summed E-state index contributed by atoms with van der Waals surface area (Å²) < 4.78 is 0. The molecule has 2 unspecified atom stereocenters. The minimum Gasteiger partial charge on any atom is -0.383 e. The van der Waals surface area contributed by atoms with Gasteiger partial charge in [-0.3, -0.25) is 4.98 Å². The summed E-state index contributed by atoms with van der Waals surface area (Å²) in [5, 5.41) is 12.1. The number of nitrogens with zero attached hydrogens (tertiary/aromatic N) is 1. The lowest BCUT2D eigenvalue weighted by Gasteiger charge is -2.35. The van der Waals surface area contributed by atoms with Gasteiger partial charge in [0.1, 0.15) is 5.60 Å². The van der Waals surface area contributed by atoms with Gasteiger partial charge in [-0.25, -0.2) is 0 Å². The zero-order chi connectivity index (χ0) is 11.2. The van der Waals surface area contributed by atoms with Crippen LogP contribution in [-0.2, 0) is 5.60 Å². The fourth-order valence-corrected chi connectivity index (χ4v) is 4.75. The summed E-state index contributed by atoms with van der Waals surface area (Å²) in [6, 6.07) is 4.02. The summed E-state index contributed by atoms with van der Waals surface area (Å²) in [5.74, 6) is 0. The fraction of sp³-hybridized carbons (Fsp3) is 0.615. The summed E-state index contributed by atoms with van der Waals surface area (Å²) >= 11 is 2.07. The number of fused-ring (bicyclic) bond motifs is 2. The Morgan fingerprint density at radius 3 is 2.69 bits per heavy atom. The molecular weight excluding hydrogens is 218 g/mol. The number of aromatic nitrogens is 1. The van der Waals surface area contributed by atoms with Gasteiger partial charge in [0.05, 0.1) is 5.69 Å². The average molecular weight is 235 g/mol. The van der Waals surface area contributed by atoms with Crippen molar-refractivity contribution in [2.45, 2.75) is 48.7 Å². The van der Waals surface area contributed by atoms with Crippen LogP contribution in [0, 0.1) is 6.92 Å². The molecule has 0 radical (unpaired) electrons. The predicted molar refractivity (Wildman–Crippen MR) is 66.5 cm³/mol. The first kappa shape index (κ1) is 10.6. The SMILES string of the molecule is Cc1ccnc(C2(O)CC3CCC(C2)S3)c1. The van der Waals surface area contributed by atoms with Gasteiger partial charge in [-0.05, 0) is 50.3 Å². The van der Waals surface area contributed by atoms with Gasteiger partial charge < -0.3 is 5.11 Å². The van der Waals surface area contributed by atoms with Gasteiger partial charge in [0.25, 0.3) is 0 Å². The molecule has 86 valence electrons. The highest BCUT2D eigenvalue weighted by Gasteiger charge is 2.45. The maximum atomic E-state index is 10.8. The smallest absolute Gasteiger partial charge is 0.109 e. The molecule has 0 aromatic carbocycles. The first-order valence-corrected chi connectivity index (χ1v) is 6.91. The monoisotopic (exact) mass is 235 g/mol. The molecule has 1 N–H and O–H groups in total. The Bertz CT molecular complexity index is 395. The predicted octanol–water partition coefficient (Wildman–Crippen LogP) is 2.64. The highest BCUT2D eigenvalue weighted by molar-refractivity contribution is 8.00. The molecule has 3 rings (SSSR count). The number of rotatable bonds is 1. The Balaban J connectivity index is 1.93. The summed E-state index contributed by atoms with van der Waals surface area (Å²) in [7, 11) is 0. The summed E-state index contributed by atoms with van der Waals surface area (Å²) in [4.78, 5) is 4.37. The van der Waals surface area contributed by atoms with Crippen molar-refractivity contribution in [1.29, 1.82) is 0 Å². The van der Waals surface area contributed by atoms with Crippen LogP contribution >= 0.6 is 11.8 Å². The van der Waals surface area contributed by atoms with E-state index in [4.69, 9.17) is 0 Å². The number of hydrogen-bond acceptors (Lipinski definition) is 3. The maximum absolute atomic E-state index is 10.8. The van der Waals surface area contributed by atoms with Crippen LogP contribution in [-0.4, -0.2) is 20.6 Å². The van der Waals surface area contributed by atoms with Crippen molar-refractivity contribution in [2.24, 2.45) is 0 Å². The molecule has 0 amide bonds. The van der Waals surface area contributed by atoms with Gasteiger partial charge in [0.2, 0.25) is 0 Å². The zero-order valence-electron chi connectivity index (χ0n) is 9.52. The van der Waals surface area contributed by atoms with Crippen molar-refractivity contribution < 1.29 is 5.11 Å². The number of thioether (sulfide) groups is 1. The summed E-state index contributed by atoms with van der Waals surface area (Å²) in [6.45, 7) is 2.06. The lowest BCUT2D eigenvalue weighted by molar-refractivity contribution is 0.0153. The summed E-state index contributed by atoms with van der Waals surface area (Å²) in [6.07, 6.45) is 6.11. The van der Waals surface area contributed by atoms with Crippen molar-refractivity contribution >= 4 is 11.8 Å². The van der Waals surface area contributed by atoms with Crippen LogP contribution in [0.25, 0.3) is 0 Å². The molecule has 1 aromatic rings. The van der Waals surface area contributed by atoms with Crippen molar-refractivity contribution in [3.05, 3.63) is 29.6 Å². The topological polar surface area (TPSA) is 33.1 Å². The van der Waals surface area contributed by atoms with E-state index in [0.717, 1.165) is 18.5 Å². The Morgan fingerprint density at radius 1 is 1.38 bits per heavy atom. The van der Waals surface area contributed by atoms with E-state index < -0.39 is 5.60 Å². The van der Waals surface area contributed by atoms with E-state index in [2.05, 4.69) is 23.7 Å². The number of pyridine rings is 1. The van der Waals surface area contributed by atoms with Crippen molar-refractivity contribution in [1.82, 2.24) is 4.98 Å². The molecule has 2 aliphatic heterocycles. The first-order valence-electron chi connectivity index (χ1n) is 5.97. The summed E-state index contributed by atoms with van der Waals surface area (Å²) in [5.41, 5.74) is 1.40. The van der Waals surface area contributed by atoms with Crippen LogP contribution in [0.3, 0.4) is 0 Å². The zero-order valence-corrected chi connectivity index (χ0v) is 10.3. The molecule has 0 spiro atoms. The maximum Gasteiger partial charge on any atom is 0.109 e. The molecule has 16 heavy (non-hydrogen) atoms. The highest BCUT2D eigenvalue weighted by Crippen LogP contribution is 2.50. The third-order valence-corrected chi connectivity index (χ3v) is 5.29. The minimum absolute atomic E-state index is 0.645. The first-order chi connectivity index (χ1) is 7.66. The lowest BCUT2D eigenvalue weighted by Crippen LogP contribution is -2.35. The van der Waals surface area contributed by atoms with Crippen molar-refractivity contribution in [2.75, 3.05) is 0 Å². The second kappa shape index (κ2) is 3.74. The molecule has 0 aliphatic carbocycles. The third kappa shape index (κ3) is 1.76. The van der Waals surface area contributed by atoms with E-state index in [-0.39, 0.29) is 0 Å². The Labute approximate surface area is 100 Å². The van der Waals surface area contributed by atoms with Crippen LogP contribution in [0.2, 0.25) is 0 Å². The van der Waals surface area contributed by atoms with E-state index in [1.54, 1.807) is 0 Å². The normalized spacial score (nSPS) is 37.6. The van der Waals surface area contributed by atoms with Gasteiger partial charge in [-0.15, -0.1) is 0 Å². The lowest BCUT2D eigenvalue weighted by atomic mass is 9.89. The minimum atomic E-state index is -0.664.